The molecule has 10 nitrogen and oxygen atoms in total. The first-order chi connectivity index (χ1) is 27.8. The number of aliphatic hydroxyl groups is 6. The number of amides is 1. The highest BCUT2D eigenvalue weighted by molar-refractivity contribution is 5.80. The van der Waals surface area contributed by atoms with Crippen molar-refractivity contribution in [1.82, 2.24) is 5.32 Å². The third-order valence-electron chi connectivity index (χ3n) is 11.1. The molecule has 1 fully saturated rings. The molecule has 1 heterocycles. The lowest BCUT2D eigenvalue weighted by atomic mass is 9.99. The van der Waals surface area contributed by atoms with Gasteiger partial charge in [0.05, 0.1) is 25.4 Å². The largest absolute Gasteiger partial charge is 0.394 e. The smallest absolute Gasteiger partial charge is 0.249 e. The molecule has 334 valence electrons. The van der Waals surface area contributed by atoms with E-state index in [1.165, 1.54) is 116 Å². The van der Waals surface area contributed by atoms with Crippen molar-refractivity contribution in [2.45, 2.75) is 243 Å². The lowest BCUT2D eigenvalue weighted by molar-refractivity contribution is -0.302. The summed E-state index contributed by atoms with van der Waals surface area (Å²) in [5.41, 5.74) is 0. The summed E-state index contributed by atoms with van der Waals surface area (Å²) in [4.78, 5) is 13.0. The molecule has 0 aromatic heterocycles. The van der Waals surface area contributed by atoms with Crippen LogP contribution < -0.4 is 5.32 Å². The Labute approximate surface area is 347 Å². The van der Waals surface area contributed by atoms with Crippen molar-refractivity contribution in [3.8, 4) is 0 Å². The standard InChI is InChI=1S/C47H87NO9/c1-3-5-7-9-11-13-15-17-18-19-20-21-22-24-26-28-30-32-34-36-41(51)46(55)48-39(38-56-47-45(54)44(53)43(52)42(37-49)57-47)40(50)35-33-31-29-27-25-23-16-14-12-10-8-6-4-2/h12,14,25,27,33,35,39-45,47,49-54H,3-11,13,15-24,26,28-32,34,36-38H2,1-2H3,(H,48,55)/b14-12+,27-25+,35-33+. The van der Waals surface area contributed by atoms with Crippen molar-refractivity contribution in [3.63, 3.8) is 0 Å². The maximum absolute atomic E-state index is 13.0. The number of ether oxygens (including phenoxy) is 2. The zero-order chi connectivity index (χ0) is 41.8. The number of hydrogen-bond donors (Lipinski definition) is 7. The van der Waals surface area contributed by atoms with Crippen molar-refractivity contribution in [2.75, 3.05) is 13.2 Å². The maximum atomic E-state index is 13.0. The van der Waals surface area contributed by atoms with E-state index in [4.69, 9.17) is 9.47 Å². The molecule has 8 atom stereocenters. The molecule has 1 amide bonds. The molecule has 1 saturated heterocycles. The van der Waals surface area contributed by atoms with E-state index < -0.39 is 61.5 Å². The number of aliphatic hydroxyl groups excluding tert-OH is 6. The third kappa shape index (κ3) is 27.7. The van der Waals surface area contributed by atoms with Gasteiger partial charge in [0.1, 0.15) is 30.5 Å². The van der Waals surface area contributed by atoms with Crippen LogP contribution in [0.15, 0.2) is 36.5 Å². The first kappa shape index (κ1) is 53.4. The fourth-order valence-corrected chi connectivity index (χ4v) is 7.19. The minimum Gasteiger partial charge on any atom is -0.394 e. The Balaban J connectivity index is 2.40. The molecule has 7 N–H and O–H groups in total. The van der Waals surface area contributed by atoms with E-state index >= 15 is 0 Å². The predicted octanol–water partition coefficient (Wildman–Crippen LogP) is 8.64. The molecule has 8 unspecified atom stereocenters. The Kier molecular flexibility index (Phi) is 35.0. The van der Waals surface area contributed by atoms with Crippen molar-refractivity contribution in [1.29, 1.82) is 0 Å². The SMILES string of the molecule is CCCCC/C=C/CC/C=C/CC/C=C/C(O)C(COC1OC(CO)C(O)C(O)C1O)NC(=O)C(O)CCCCCCCCCCCCCCCCCCCCC. The van der Waals surface area contributed by atoms with E-state index in [0.717, 1.165) is 44.9 Å². The number of nitrogens with one attached hydrogen (secondary N) is 1. The van der Waals surface area contributed by atoms with Gasteiger partial charge in [-0.2, -0.15) is 0 Å². The Hall–Kier alpha value is -1.63. The van der Waals surface area contributed by atoms with Gasteiger partial charge in [0.25, 0.3) is 0 Å². The van der Waals surface area contributed by atoms with Gasteiger partial charge < -0.3 is 45.4 Å². The summed E-state index contributed by atoms with van der Waals surface area (Å²) in [6, 6.07) is -1.000. The van der Waals surface area contributed by atoms with Crippen LogP contribution in [0, 0.1) is 0 Å². The van der Waals surface area contributed by atoms with Crippen LogP contribution in [0.2, 0.25) is 0 Å². The molecule has 1 rings (SSSR count). The highest BCUT2D eigenvalue weighted by atomic mass is 16.7. The van der Waals surface area contributed by atoms with Gasteiger partial charge in [0.15, 0.2) is 6.29 Å². The van der Waals surface area contributed by atoms with E-state index in [2.05, 4.69) is 43.5 Å². The molecule has 10 heteroatoms. The summed E-state index contributed by atoms with van der Waals surface area (Å²) >= 11 is 0. The zero-order valence-corrected chi connectivity index (χ0v) is 36.2. The Morgan fingerprint density at radius 3 is 1.53 bits per heavy atom. The van der Waals surface area contributed by atoms with E-state index in [0.29, 0.717) is 19.3 Å². The molecular formula is C47H87NO9. The lowest BCUT2D eigenvalue weighted by Crippen LogP contribution is -2.60. The second-order valence-corrected chi connectivity index (χ2v) is 16.3. The van der Waals surface area contributed by atoms with Crippen LogP contribution in [-0.4, -0.2) is 98.7 Å². The minimum absolute atomic E-state index is 0.303. The maximum Gasteiger partial charge on any atom is 0.249 e. The van der Waals surface area contributed by atoms with Crippen LogP contribution in [0.5, 0.6) is 0 Å². The number of carbonyl (C=O) groups is 1. The van der Waals surface area contributed by atoms with Gasteiger partial charge in [-0.1, -0.05) is 185 Å². The molecule has 1 aliphatic rings. The van der Waals surface area contributed by atoms with E-state index in [9.17, 15) is 35.4 Å². The van der Waals surface area contributed by atoms with Crippen LogP contribution in [0.3, 0.4) is 0 Å². The number of rotatable bonds is 38. The highest BCUT2D eigenvalue weighted by Gasteiger charge is 2.44. The fourth-order valence-electron chi connectivity index (χ4n) is 7.19. The second-order valence-electron chi connectivity index (χ2n) is 16.3. The first-order valence-electron chi connectivity index (χ1n) is 23.3. The molecule has 0 saturated carbocycles. The molecule has 0 radical (unpaired) electrons. The van der Waals surface area contributed by atoms with E-state index in [-0.39, 0.29) is 6.61 Å². The monoisotopic (exact) mass is 810 g/mol. The molecule has 0 aromatic rings. The van der Waals surface area contributed by atoms with Gasteiger partial charge in [0.2, 0.25) is 5.91 Å². The summed E-state index contributed by atoms with van der Waals surface area (Å²) in [6.07, 6.45) is 35.2. The van der Waals surface area contributed by atoms with E-state index in [1.54, 1.807) is 6.08 Å². The van der Waals surface area contributed by atoms with Crippen molar-refractivity contribution in [2.24, 2.45) is 0 Å². The van der Waals surface area contributed by atoms with Crippen LogP contribution in [0.4, 0.5) is 0 Å². The number of unbranched alkanes of at least 4 members (excludes halogenated alkanes) is 23. The Morgan fingerprint density at radius 2 is 1.04 bits per heavy atom. The first-order valence-corrected chi connectivity index (χ1v) is 23.3. The van der Waals surface area contributed by atoms with Gasteiger partial charge in [-0.25, -0.2) is 0 Å². The highest BCUT2D eigenvalue weighted by Crippen LogP contribution is 2.23. The second kappa shape index (κ2) is 37.4. The van der Waals surface area contributed by atoms with Crippen LogP contribution >= 0.6 is 0 Å². The van der Waals surface area contributed by atoms with E-state index in [1.807, 2.05) is 6.08 Å². The minimum atomic E-state index is -1.62. The molecule has 0 aliphatic carbocycles. The number of carbonyl (C=O) groups excluding carboxylic acids is 1. The van der Waals surface area contributed by atoms with Gasteiger partial charge >= 0.3 is 0 Å². The normalized spacial score (nSPS) is 21.9. The van der Waals surface area contributed by atoms with Gasteiger partial charge in [-0.05, 0) is 44.9 Å². The zero-order valence-electron chi connectivity index (χ0n) is 36.2. The third-order valence-corrected chi connectivity index (χ3v) is 11.1. The number of allylic oxidation sites excluding steroid dienone is 5. The summed E-state index contributed by atoms with van der Waals surface area (Å²) in [7, 11) is 0. The number of hydrogen-bond acceptors (Lipinski definition) is 9. The quantitative estimate of drug-likeness (QED) is 0.0239. The average Bonchev–Trinajstić information content (AvgIpc) is 3.21. The van der Waals surface area contributed by atoms with Crippen molar-refractivity contribution in [3.05, 3.63) is 36.5 Å². The van der Waals surface area contributed by atoms with Crippen LogP contribution in [0.25, 0.3) is 0 Å². The van der Waals surface area contributed by atoms with Gasteiger partial charge in [-0.15, -0.1) is 0 Å². The molecule has 0 aromatic carbocycles. The summed E-state index contributed by atoms with van der Waals surface area (Å²) in [5.74, 6) is -0.630. The molecule has 1 aliphatic heterocycles. The Morgan fingerprint density at radius 1 is 0.596 bits per heavy atom. The molecule has 57 heavy (non-hydrogen) atoms. The predicted molar refractivity (Wildman–Crippen MR) is 232 cm³/mol. The van der Waals surface area contributed by atoms with Gasteiger partial charge in [0, 0.05) is 0 Å². The summed E-state index contributed by atoms with van der Waals surface area (Å²) < 4.78 is 11.1. The van der Waals surface area contributed by atoms with Crippen molar-refractivity contribution >= 4 is 5.91 Å². The summed E-state index contributed by atoms with van der Waals surface area (Å²) in [6.45, 7) is 3.55. The fraction of sp³-hybridized carbons (Fsp3) is 0.851. The molecule has 0 spiro atoms. The van der Waals surface area contributed by atoms with Crippen LogP contribution in [-0.2, 0) is 14.3 Å². The van der Waals surface area contributed by atoms with Crippen LogP contribution in [0.1, 0.15) is 194 Å². The molecule has 0 bridgehead atoms. The topological polar surface area (TPSA) is 169 Å². The lowest BCUT2D eigenvalue weighted by Gasteiger charge is -2.40. The summed E-state index contributed by atoms with van der Waals surface area (Å²) in [5, 5.41) is 64.6. The van der Waals surface area contributed by atoms with Crippen molar-refractivity contribution < 1.29 is 44.9 Å². The average molecular weight is 810 g/mol. The van der Waals surface area contributed by atoms with Gasteiger partial charge in [-0.3, -0.25) is 4.79 Å². The Bertz CT molecular complexity index is 1010. The molecular weight excluding hydrogens is 723 g/mol.